The SMILES string of the molecule is OC(Cn1cc(-c2ccccc2)cn1)c1ccccc1. The summed E-state index contributed by atoms with van der Waals surface area (Å²) in [5, 5.41) is 14.5. The highest BCUT2D eigenvalue weighted by atomic mass is 16.3. The van der Waals surface area contributed by atoms with Crippen molar-refractivity contribution >= 4 is 0 Å². The van der Waals surface area contributed by atoms with Crippen molar-refractivity contribution < 1.29 is 5.11 Å². The van der Waals surface area contributed by atoms with Gasteiger partial charge >= 0.3 is 0 Å². The molecule has 3 nitrogen and oxygen atoms in total. The predicted molar refractivity (Wildman–Crippen MR) is 79.1 cm³/mol. The van der Waals surface area contributed by atoms with Crippen molar-refractivity contribution in [1.29, 1.82) is 0 Å². The van der Waals surface area contributed by atoms with Gasteiger partial charge in [0, 0.05) is 11.8 Å². The monoisotopic (exact) mass is 264 g/mol. The Kier molecular flexibility index (Phi) is 3.61. The summed E-state index contributed by atoms with van der Waals surface area (Å²) in [7, 11) is 0. The van der Waals surface area contributed by atoms with Gasteiger partial charge < -0.3 is 5.11 Å². The lowest BCUT2D eigenvalue weighted by atomic mass is 10.1. The molecule has 0 aliphatic heterocycles. The van der Waals surface area contributed by atoms with Crippen LogP contribution in [0.5, 0.6) is 0 Å². The van der Waals surface area contributed by atoms with E-state index in [1.807, 2.05) is 60.9 Å². The maximum atomic E-state index is 10.2. The average Bonchev–Trinajstić information content (AvgIpc) is 2.97. The van der Waals surface area contributed by atoms with Crippen LogP contribution in [0.2, 0.25) is 0 Å². The molecule has 100 valence electrons. The lowest BCUT2D eigenvalue weighted by Gasteiger charge is -2.10. The summed E-state index contributed by atoms with van der Waals surface area (Å²) in [6, 6.07) is 19.7. The number of aliphatic hydroxyl groups excluding tert-OH is 1. The molecule has 0 saturated heterocycles. The van der Waals surface area contributed by atoms with Crippen LogP contribution in [0.1, 0.15) is 11.7 Å². The minimum Gasteiger partial charge on any atom is -0.386 e. The Bertz CT molecular complexity index is 662. The summed E-state index contributed by atoms with van der Waals surface area (Å²) >= 11 is 0. The lowest BCUT2D eigenvalue weighted by Crippen LogP contribution is -2.08. The molecule has 0 radical (unpaired) electrons. The summed E-state index contributed by atoms with van der Waals surface area (Å²) < 4.78 is 1.78. The van der Waals surface area contributed by atoms with E-state index in [9.17, 15) is 5.11 Å². The molecule has 1 atom stereocenters. The second-order valence-corrected chi connectivity index (χ2v) is 4.74. The summed E-state index contributed by atoms with van der Waals surface area (Å²) in [5.41, 5.74) is 3.10. The molecule has 3 aromatic rings. The molecular weight excluding hydrogens is 248 g/mol. The second kappa shape index (κ2) is 5.72. The quantitative estimate of drug-likeness (QED) is 0.785. The molecule has 0 aliphatic carbocycles. The fraction of sp³-hybridized carbons (Fsp3) is 0.118. The molecule has 0 fully saturated rings. The third-order valence-electron chi connectivity index (χ3n) is 3.28. The number of hydrogen-bond donors (Lipinski definition) is 1. The van der Waals surface area contributed by atoms with E-state index in [0.717, 1.165) is 16.7 Å². The van der Waals surface area contributed by atoms with Crippen molar-refractivity contribution in [2.45, 2.75) is 12.6 Å². The highest BCUT2D eigenvalue weighted by Crippen LogP contribution is 2.19. The summed E-state index contributed by atoms with van der Waals surface area (Å²) in [4.78, 5) is 0. The first-order chi connectivity index (χ1) is 9.83. The molecule has 0 saturated carbocycles. The number of aliphatic hydroxyl groups is 1. The van der Waals surface area contributed by atoms with Gasteiger partial charge in [0.2, 0.25) is 0 Å². The molecule has 1 N–H and O–H groups in total. The van der Waals surface area contributed by atoms with Crippen molar-refractivity contribution in [1.82, 2.24) is 9.78 Å². The number of hydrogen-bond acceptors (Lipinski definition) is 2. The zero-order valence-electron chi connectivity index (χ0n) is 11.1. The highest BCUT2D eigenvalue weighted by Gasteiger charge is 2.09. The van der Waals surface area contributed by atoms with Crippen LogP contribution >= 0.6 is 0 Å². The molecule has 2 aromatic carbocycles. The maximum absolute atomic E-state index is 10.2. The lowest BCUT2D eigenvalue weighted by molar-refractivity contribution is 0.151. The van der Waals surface area contributed by atoms with E-state index in [-0.39, 0.29) is 0 Å². The van der Waals surface area contributed by atoms with Crippen LogP contribution in [0.3, 0.4) is 0 Å². The molecule has 3 heteroatoms. The minimum absolute atomic E-state index is 0.455. The molecule has 0 amide bonds. The van der Waals surface area contributed by atoms with E-state index < -0.39 is 6.10 Å². The predicted octanol–water partition coefficient (Wildman–Crippen LogP) is 3.28. The molecule has 1 aromatic heterocycles. The highest BCUT2D eigenvalue weighted by molar-refractivity contribution is 5.61. The van der Waals surface area contributed by atoms with Crippen molar-refractivity contribution in [3.63, 3.8) is 0 Å². The first-order valence-electron chi connectivity index (χ1n) is 6.64. The van der Waals surface area contributed by atoms with Crippen molar-refractivity contribution in [3.8, 4) is 11.1 Å². The molecule has 1 heterocycles. The first-order valence-corrected chi connectivity index (χ1v) is 6.64. The normalized spacial score (nSPS) is 12.2. The van der Waals surface area contributed by atoms with Crippen molar-refractivity contribution in [2.75, 3.05) is 0 Å². The van der Waals surface area contributed by atoms with Crippen molar-refractivity contribution in [2.24, 2.45) is 0 Å². The third kappa shape index (κ3) is 2.78. The van der Waals surface area contributed by atoms with Gasteiger partial charge in [-0.1, -0.05) is 60.7 Å². The molecule has 1 unspecified atom stereocenters. The van der Waals surface area contributed by atoms with E-state index >= 15 is 0 Å². The van der Waals surface area contributed by atoms with Gasteiger partial charge in [0.05, 0.1) is 18.8 Å². The van der Waals surface area contributed by atoms with Crippen molar-refractivity contribution in [3.05, 3.63) is 78.6 Å². The van der Waals surface area contributed by atoms with Crippen LogP contribution in [0.15, 0.2) is 73.1 Å². The van der Waals surface area contributed by atoms with Gasteiger partial charge in [0.1, 0.15) is 0 Å². The van der Waals surface area contributed by atoms with Gasteiger partial charge in [-0.25, -0.2) is 0 Å². The van der Waals surface area contributed by atoms with E-state index in [0.29, 0.717) is 6.54 Å². The number of nitrogens with zero attached hydrogens (tertiary/aromatic N) is 2. The maximum Gasteiger partial charge on any atom is 0.0985 e. The third-order valence-corrected chi connectivity index (χ3v) is 3.28. The Morgan fingerprint density at radius 2 is 1.55 bits per heavy atom. The van der Waals surface area contributed by atoms with Crippen LogP contribution in [-0.4, -0.2) is 14.9 Å². The molecule has 0 aliphatic rings. The summed E-state index contributed by atoms with van der Waals surface area (Å²) in [6.45, 7) is 0.455. The fourth-order valence-corrected chi connectivity index (χ4v) is 2.20. The zero-order valence-corrected chi connectivity index (χ0v) is 11.1. The summed E-state index contributed by atoms with van der Waals surface area (Å²) in [6.07, 6.45) is 3.24. The van der Waals surface area contributed by atoms with Gasteiger partial charge in [-0.05, 0) is 11.1 Å². The first kappa shape index (κ1) is 12.6. The number of rotatable bonds is 4. The topological polar surface area (TPSA) is 38.0 Å². The van der Waals surface area contributed by atoms with Crippen LogP contribution in [0, 0.1) is 0 Å². The molecule has 3 rings (SSSR count). The smallest absolute Gasteiger partial charge is 0.0985 e. The number of benzene rings is 2. The Hall–Kier alpha value is -2.39. The minimum atomic E-state index is -0.542. The Morgan fingerprint density at radius 1 is 0.900 bits per heavy atom. The zero-order chi connectivity index (χ0) is 13.8. The van der Waals surface area contributed by atoms with Gasteiger partial charge in [0.25, 0.3) is 0 Å². The van der Waals surface area contributed by atoms with Crippen LogP contribution in [0.25, 0.3) is 11.1 Å². The summed E-state index contributed by atoms with van der Waals surface area (Å²) in [5.74, 6) is 0. The van der Waals surface area contributed by atoms with Crippen LogP contribution < -0.4 is 0 Å². The largest absolute Gasteiger partial charge is 0.386 e. The second-order valence-electron chi connectivity index (χ2n) is 4.74. The van der Waals surface area contributed by atoms with E-state index in [2.05, 4.69) is 17.2 Å². The standard InChI is InChI=1S/C17H16N2O/c20-17(15-9-5-2-6-10-15)13-19-12-16(11-18-19)14-7-3-1-4-8-14/h1-12,17,20H,13H2. The van der Waals surface area contributed by atoms with Crippen LogP contribution in [-0.2, 0) is 6.54 Å². The van der Waals surface area contributed by atoms with E-state index in [1.165, 1.54) is 0 Å². The van der Waals surface area contributed by atoms with E-state index in [1.54, 1.807) is 4.68 Å². The van der Waals surface area contributed by atoms with E-state index in [4.69, 9.17) is 0 Å². The Balaban J connectivity index is 1.75. The Labute approximate surface area is 118 Å². The fourth-order valence-electron chi connectivity index (χ4n) is 2.20. The molecule has 0 spiro atoms. The van der Waals surface area contributed by atoms with Gasteiger partial charge in [0.15, 0.2) is 0 Å². The van der Waals surface area contributed by atoms with Gasteiger partial charge in [-0.15, -0.1) is 0 Å². The average molecular weight is 264 g/mol. The van der Waals surface area contributed by atoms with Gasteiger partial charge in [-0.3, -0.25) is 4.68 Å². The Morgan fingerprint density at radius 3 is 2.25 bits per heavy atom. The van der Waals surface area contributed by atoms with Crippen LogP contribution in [0.4, 0.5) is 0 Å². The molecular formula is C17H16N2O. The number of aromatic nitrogens is 2. The van der Waals surface area contributed by atoms with Gasteiger partial charge in [-0.2, -0.15) is 5.10 Å². The molecule has 0 bridgehead atoms. The molecule has 20 heavy (non-hydrogen) atoms.